The maximum atomic E-state index is 4.54. The van der Waals surface area contributed by atoms with Crippen LogP contribution in [0.3, 0.4) is 0 Å². The lowest BCUT2D eigenvalue weighted by atomic mass is 10.0. The second-order valence-electron chi connectivity index (χ2n) is 5.62. The summed E-state index contributed by atoms with van der Waals surface area (Å²) >= 11 is 0. The number of benzene rings is 1. The molecule has 0 saturated heterocycles. The van der Waals surface area contributed by atoms with Crippen molar-refractivity contribution in [2.45, 2.75) is 46.1 Å². The number of aromatic nitrogens is 2. The maximum Gasteiger partial charge on any atom is 0.223 e. The van der Waals surface area contributed by atoms with Crippen LogP contribution in [-0.4, -0.2) is 16.0 Å². The Labute approximate surface area is 115 Å². The van der Waals surface area contributed by atoms with Crippen LogP contribution >= 0.6 is 0 Å². The Morgan fingerprint density at radius 1 is 1.11 bits per heavy atom. The molecule has 0 spiro atoms. The van der Waals surface area contributed by atoms with Crippen molar-refractivity contribution in [3.05, 3.63) is 30.5 Å². The summed E-state index contributed by atoms with van der Waals surface area (Å²) in [5, 5.41) is 4.47. The molecule has 0 amide bonds. The molecule has 0 fully saturated rings. The van der Waals surface area contributed by atoms with Crippen LogP contribution in [0.4, 0.5) is 5.95 Å². The molecule has 1 aromatic carbocycles. The van der Waals surface area contributed by atoms with Crippen LogP contribution in [0, 0.1) is 5.92 Å². The van der Waals surface area contributed by atoms with Gasteiger partial charge in [0, 0.05) is 17.6 Å². The zero-order chi connectivity index (χ0) is 13.7. The number of anilines is 1. The van der Waals surface area contributed by atoms with Gasteiger partial charge in [0.05, 0.1) is 5.52 Å². The predicted molar refractivity (Wildman–Crippen MR) is 81.3 cm³/mol. The Morgan fingerprint density at radius 2 is 1.89 bits per heavy atom. The number of nitrogens with zero attached hydrogens (tertiary/aromatic N) is 2. The SMILES string of the molecule is CC(C)CCCC(C)Nc1ncc2ccccc2n1. The molecule has 0 radical (unpaired) electrons. The quantitative estimate of drug-likeness (QED) is 0.840. The normalized spacial score (nSPS) is 12.8. The topological polar surface area (TPSA) is 37.8 Å². The molecule has 1 unspecified atom stereocenters. The Hall–Kier alpha value is -1.64. The van der Waals surface area contributed by atoms with Crippen molar-refractivity contribution >= 4 is 16.9 Å². The van der Waals surface area contributed by atoms with E-state index < -0.39 is 0 Å². The van der Waals surface area contributed by atoms with E-state index in [2.05, 4.69) is 36.1 Å². The van der Waals surface area contributed by atoms with Crippen LogP contribution in [0.1, 0.15) is 40.0 Å². The minimum absolute atomic E-state index is 0.417. The van der Waals surface area contributed by atoms with Gasteiger partial charge in [-0.2, -0.15) is 0 Å². The summed E-state index contributed by atoms with van der Waals surface area (Å²) < 4.78 is 0. The minimum Gasteiger partial charge on any atom is -0.352 e. The van der Waals surface area contributed by atoms with E-state index >= 15 is 0 Å². The Bertz CT molecular complexity index is 522. The van der Waals surface area contributed by atoms with Crippen LogP contribution < -0.4 is 5.32 Å². The van der Waals surface area contributed by atoms with Crippen molar-refractivity contribution in [3.8, 4) is 0 Å². The van der Waals surface area contributed by atoms with Gasteiger partial charge in [-0.15, -0.1) is 0 Å². The second-order valence-corrected chi connectivity index (χ2v) is 5.62. The fourth-order valence-electron chi connectivity index (χ4n) is 2.17. The second kappa shape index (κ2) is 6.50. The molecule has 0 aliphatic heterocycles. The smallest absolute Gasteiger partial charge is 0.223 e. The van der Waals surface area contributed by atoms with Gasteiger partial charge in [0.25, 0.3) is 0 Å². The summed E-state index contributed by atoms with van der Waals surface area (Å²) in [5.41, 5.74) is 0.995. The summed E-state index contributed by atoms with van der Waals surface area (Å²) in [6.45, 7) is 6.73. The van der Waals surface area contributed by atoms with E-state index in [9.17, 15) is 0 Å². The molecule has 1 N–H and O–H groups in total. The van der Waals surface area contributed by atoms with E-state index in [-0.39, 0.29) is 0 Å². The Kier molecular flexibility index (Phi) is 4.72. The van der Waals surface area contributed by atoms with Gasteiger partial charge in [-0.05, 0) is 25.3 Å². The standard InChI is InChI=1S/C16H23N3/c1-12(2)7-6-8-13(3)18-16-17-11-14-9-4-5-10-15(14)19-16/h4-5,9-13H,6-8H2,1-3H3,(H,17,18,19). The van der Waals surface area contributed by atoms with Crippen LogP contribution in [-0.2, 0) is 0 Å². The summed E-state index contributed by atoms with van der Waals surface area (Å²) in [6.07, 6.45) is 5.57. The summed E-state index contributed by atoms with van der Waals surface area (Å²) in [7, 11) is 0. The van der Waals surface area contributed by atoms with Gasteiger partial charge in [-0.3, -0.25) is 0 Å². The van der Waals surface area contributed by atoms with E-state index in [1.807, 2.05) is 30.5 Å². The largest absolute Gasteiger partial charge is 0.352 e. The molecule has 102 valence electrons. The highest BCUT2D eigenvalue weighted by atomic mass is 15.1. The number of nitrogens with one attached hydrogen (secondary N) is 1. The number of hydrogen-bond acceptors (Lipinski definition) is 3. The highest BCUT2D eigenvalue weighted by Gasteiger charge is 2.05. The zero-order valence-corrected chi connectivity index (χ0v) is 12.1. The molecule has 1 aromatic heterocycles. The third-order valence-corrected chi connectivity index (χ3v) is 3.28. The maximum absolute atomic E-state index is 4.54. The van der Waals surface area contributed by atoms with Crippen molar-refractivity contribution in [2.24, 2.45) is 5.92 Å². The molecular formula is C16H23N3. The van der Waals surface area contributed by atoms with Crippen LogP contribution in [0.2, 0.25) is 0 Å². The monoisotopic (exact) mass is 257 g/mol. The number of hydrogen-bond donors (Lipinski definition) is 1. The van der Waals surface area contributed by atoms with Gasteiger partial charge in [0.2, 0.25) is 5.95 Å². The van der Waals surface area contributed by atoms with E-state index in [0.717, 1.165) is 29.2 Å². The number of rotatable bonds is 6. The molecule has 0 saturated carbocycles. The van der Waals surface area contributed by atoms with E-state index in [4.69, 9.17) is 0 Å². The molecule has 3 nitrogen and oxygen atoms in total. The highest BCUT2D eigenvalue weighted by molar-refractivity contribution is 5.78. The molecule has 0 aliphatic rings. The van der Waals surface area contributed by atoms with Crippen LogP contribution in [0.5, 0.6) is 0 Å². The average Bonchev–Trinajstić information content (AvgIpc) is 2.38. The summed E-state index contributed by atoms with van der Waals surface area (Å²) in [4.78, 5) is 8.90. The molecule has 2 rings (SSSR count). The van der Waals surface area contributed by atoms with Gasteiger partial charge in [0.15, 0.2) is 0 Å². The Morgan fingerprint density at radius 3 is 2.68 bits per heavy atom. The fraction of sp³-hybridized carbons (Fsp3) is 0.500. The highest BCUT2D eigenvalue weighted by Crippen LogP contribution is 2.14. The van der Waals surface area contributed by atoms with Gasteiger partial charge in [-0.25, -0.2) is 9.97 Å². The van der Waals surface area contributed by atoms with Crippen molar-refractivity contribution < 1.29 is 0 Å². The van der Waals surface area contributed by atoms with Crippen molar-refractivity contribution in [2.75, 3.05) is 5.32 Å². The first-order chi connectivity index (χ1) is 9.15. The average molecular weight is 257 g/mol. The molecule has 3 heteroatoms. The molecule has 1 heterocycles. The first-order valence-electron chi connectivity index (χ1n) is 7.13. The Balaban J connectivity index is 1.93. The summed E-state index contributed by atoms with van der Waals surface area (Å²) in [6, 6.07) is 8.48. The third kappa shape index (κ3) is 4.19. The number of fused-ring (bicyclic) bond motifs is 1. The van der Waals surface area contributed by atoms with Gasteiger partial charge in [0.1, 0.15) is 0 Å². The van der Waals surface area contributed by atoms with Crippen LogP contribution in [0.25, 0.3) is 10.9 Å². The lowest BCUT2D eigenvalue weighted by molar-refractivity contribution is 0.519. The molecule has 2 aromatic rings. The van der Waals surface area contributed by atoms with Gasteiger partial charge in [-0.1, -0.05) is 44.9 Å². The van der Waals surface area contributed by atoms with E-state index in [1.165, 1.54) is 12.8 Å². The minimum atomic E-state index is 0.417. The predicted octanol–water partition coefficient (Wildman–Crippen LogP) is 4.26. The van der Waals surface area contributed by atoms with Crippen LogP contribution in [0.15, 0.2) is 30.5 Å². The van der Waals surface area contributed by atoms with E-state index in [1.54, 1.807) is 0 Å². The van der Waals surface area contributed by atoms with E-state index in [0.29, 0.717) is 6.04 Å². The first-order valence-corrected chi connectivity index (χ1v) is 7.13. The van der Waals surface area contributed by atoms with Crippen molar-refractivity contribution in [3.63, 3.8) is 0 Å². The molecule has 0 aliphatic carbocycles. The zero-order valence-electron chi connectivity index (χ0n) is 12.1. The molecule has 19 heavy (non-hydrogen) atoms. The van der Waals surface area contributed by atoms with Gasteiger partial charge >= 0.3 is 0 Å². The number of para-hydroxylation sites is 1. The van der Waals surface area contributed by atoms with Gasteiger partial charge < -0.3 is 5.32 Å². The van der Waals surface area contributed by atoms with Crippen molar-refractivity contribution in [1.29, 1.82) is 0 Å². The molecule has 0 bridgehead atoms. The third-order valence-electron chi connectivity index (χ3n) is 3.28. The molecule has 1 atom stereocenters. The lowest BCUT2D eigenvalue weighted by Gasteiger charge is -2.14. The lowest BCUT2D eigenvalue weighted by Crippen LogP contribution is -2.17. The fourth-order valence-corrected chi connectivity index (χ4v) is 2.17. The summed E-state index contributed by atoms with van der Waals surface area (Å²) in [5.74, 6) is 1.51. The molecular weight excluding hydrogens is 234 g/mol. The first kappa shape index (κ1) is 13.8. The van der Waals surface area contributed by atoms with Crippen molar-refractivity contribution in [1.82, 2.24) is 9.97 Å².